The molecule has 18 heavy (non-hydrogen) atoms. The summed E-state index contributed by atoms with van der Waals surface area (Å²) >= 11 is 0. The molecule has 0 bridgehead atoms. The number of nitrogens with zero attached hydrogens (tertiary/aromatic N) is 1. The lowest BCUT2D eigenvalue weighted by Gasteiger charge is -2.24. The summed E-state index contributed by atoms with van der Waals surface area (Å²) in [6.45, 7) is 7.19. The second-order valence-electron chi connectivity index (χ2n) is 5.65. The molecule has 0 aromatic carbocycles. The van der Waals surface area contributed by atoms with Crippen molar-refractivity contribution in [1.82, 2.24) is 10.2 Å². The first-order chi connectivity index (χ1) is 8.15. The van der Waals surface area contributed by atoms with Gasteiger partial charge in [0.1, 0.15) is 6.04 Å². The fraction of sp³-hybridized carbons (Fsp3) is 0.750. The van der Waals surface area contributed by atoms with Crippen LogP contribution in [0.15, 0.2) is 0 Å². The van der Waals surface area contributed by atoms with Crippen molar-refractivity contribution < 1.29 is 14.4 Å². The first kappa shape index (κ1) is 14.6. The third-order valence-electron chi connectivity index (χ3n) is 2.96. The molecule has 3 amide bonds. The molecule has 1 aliphatic rings. The molecular weight excluding hydrogens is 234 g/mol. The standard InChI is InChI=1S/C12H21N3O3/c1-7(2)14-8(10(13)17)6-15-9(16)5-12(3,4)11(15)18/h7-8,14H,5-6H2,1-4H3,(H2,13,17). The number of likely N-dealkylation sites (tertiary alicyclic amines) is 1. The Kier molecular flexibility index (Phi) is 4.11. The summed E-state index contributed by atoms with van der Waals surface area (Å²) in [7, 11) is 0. The molecule has 1 atom stereocenters. The quantitative estimate of drug-likeness (QED) is 0.655. The van der Waals surface area contributed by atoms with Crippen molar-refractivity contribution in [2.24, 2.45) is 11.1 Å². The Morgan fingerprint density at radius 3 is 2.33 bits per heavy atom. The molecule has 1 unspecified atom stereocenters. The maximum absolute atomic E-state index is 12.0. The molecule has 1 saturated heterocycles. The molecule has 0 spiro atoms. The second kappa shape index (κ2) is 5.06. The predicted octanol–water partition coefficient (Wildman–Crippen LogP) is -0.377. The third kappa shape index (κ3) is 3.07. The maximum atomic E-state index is 12.0. The molecule has 1 fully saturated rings. The number of nitrogens with two attached hydrogens (primary N) is 1. The van der Waals surface area contributed by atoms with E-state index in [1.165, 1.54) is 0 Å². The molecule has 102 valence electrons. The van der Waals surface area contributed by atoms with E-state index in [0.717, 1.165) is 4.90 Å². The van der Waals surface area contributed by atoms with Crippen LogP contribution in [-0.2, 0) is 14.4 Å². The molecule has 1 heterocycles. The van der Waals surface area contributed by atoms with Gasteiger partial charge in [-0.2, -0.15) is 0 Å². The van der Waals surface area contributed by atoms with Crippen molar-refractivity contribution in [1.29, 1.82) is 0 Å². The highest BCUT2D eigenvalue weighted by Crippen LogP contribution is 2.31. The van der Waals surface area contributed by atoms with Crippen LogP contribution in [0.25, 0.3) is 0 Å². The Morgan fingerprint density at radius 2 is 2.00 bits per heavy atom. The van der Waals surface area contributed by atoms with E-state index in [4.69, 9.17) is 5.73 Å². The van der Waals surface area contributed by atoms with E-state index in [-0.39, 0.29) is 30.8 Å². The van der Waals surface area contributed by atoms with E-state index >= 15 is 0 Å². The zero-order chi connectivity index (χ0) is 14.1. The molecule has 0 saturated carbocycles. The number of amides is 3. The maximum Gasteiger partial charge on any atom is 0.236 e. The minimum atomic E-state index is -0.702. The molecule has 1 rings (SSSR count). The fourth-order valence-corrected chi connectivity index (χ4v) is 2.02. The minimum absolute atomic E-state index is 0.00854. The Morgan fingerprint density at radius 1 is 1.44 bits per heavy atom. The molecule has 0 aromatic heterocycles. The summed E-state index contributed by atoms with van der Waals surface area (Å²) in [5.74, 6) is -1.06. The van der Waals surface area contributed by atoms with Crippen LogP contribution in [0.2, 0.25) is 0 Å². The van der Waals surface area contributed by atoms with Crippen LogP contribution in [-0.4, -0.2) is 41.2 Å². The molecule has 0 aromatic rings. The normalized spacial score (nSPS) is 20.6. The smallest absolute Gasteiger partial charge is 0.236 e. The molecule has 0 aliphatic carbocycles. The zero-order valence-electron chi connectivity index (χ0n) is 11.3. The van der Waals surface area contributed by atoms with Gasteiger partial charge in [0.25, 0.3) is 0 Å². The van der Waals surface area contributed by atoms with Gasteiger partial charge in [-0.05, 0) is 0 Å². The van der Waals surface area contributed by atoms with E-state index in [9.17, 15) is 14.4 Å². The average molecular weight is 255 g/mol. The van der Waals surface area contributed by atoms with Crippen molar-refractivity contribution in [2.45, 2.75) is 46.2 Å². The number of carbonyl (C=O) groups excluding carboxylic acids is 3. The lowest BCUT2D eigenvalue weighted by molar-refractivity contribution is -0.141. The largest absolute Gasteiger partial charge is 0.368 e. The molecule has 0 radical (unpaired) electrons. The van der Waals surface area contributed by atoms with Crippen molar-refractivity contribution in [2.75, 3.05) is 6.54 Å². The lowest BCUT2D eigenvalue weighted by atomic mass is 9.92. The predicted molar refractivity (Wildman–Crippen MR) is 66.4 cm³/mol. The van der Waals surface area contributed by atoms with E-state index in [0.29, 0.717) is 0 Å². The number of rotatable bonds is 5. The summed E-state index contributed by atoms with van der Waals surface area (Å²) < 4.78 is 0. The zero-order valence-corrected chi connectivity index (χ0v) is 11.3. The summed E-state index contributed by atoms with van der Waals surface area (Å²) in [4.78, 5) is 36.2. The fourth-order valence-electron chi connectivity index (χ4n) is 2.02. The highest BCUT2D eigenvalue weighted by Gasteiger charge is 2.45. The van der Waals surface area contributed by atoms with Gasteiger partial charge in [-0.15, -0.1) is 0 Å². The first-order valence-electron chi connectivity index (χ1n) is 6.05. The van der Waals surface area contributed by atoms with E-state index < -0.39 is 17.4 Å². The summed E-state index contributed by atoms with van der Waals surface area (Å²) in [6.07, 6.45) is 0.180. The Hall–Kier alpha value is -1.43. The number of nitrogens with one attached hydrogen (secondary N) is 1. The van der Waals surface area contributed by atoms with Crippen LogP contribution < -0.4 is 11.1 Å². The van der Waals surface area contributed by atoms with E-state index in [1.807, 2.05) is 13.8 Å². The van der Waals surface area contributed by atoms with Crippen LogP contribution in [0.5, 0.6) is 0 Å². The van der Waals surface area contributed by atoms with Gasteiger partial charge in [0.2, 0.25) is 17.7 Å². The van der Waals surface area contributed by atoms with Crippen molar-refractivity contribution in [3.63, 3.8) is 0 Å². The van der Waals surface area contributed by atoms with Gasteiger partial charge in [0.15, 0.2) is 0 Å². The average Bonchev–Trinajstić information content (AvgIpc) is 2.38. The van der Waals surface area contributed by atoms with Crippen molar-refractivity contribution >= 4 is 17.7 Å². The molecular formula is C12H21N3O3. The van der Waals surface area contributed by atoms with Crippen LogP contribution in [0.4, 0.5) is 0 Å². The highest BCUT2D eigenvalue weighted by atomic mass is 16.2. The van der Waals surface area contributed by atoms with Gasteiger partial charge in [0, 0.05) is 12.5 Å². The highest BCUT2D eigenvalue weighted by molar-refractivity contribution is 6.05. The number of hydrogen-bond donors (Lipinski definition) is 2. The summed E-state index contributed by atoms with van der Waals surface area (Å²) in [5, 5.41) is 2.95. The lowest BCUT2D eigenvalue weighted by Crippen LogP contribution is -2.52. The number of carbonyl (C=O) groups is 3. The summed E-state index contributed by atoms with van der Waals surface area (Å²) in [6, 6.07) is -0.657. The van der Waals surface area contributed by atoms with Gasteiger partial charge in [-0.25, -0.2) is 0 Å². The minimum Gasteiger partial charge on any atom is -0.368 e. The van der Waals surface area contributed by atoms with Crippen molar-refractivity contribution in [3.8, 4) is 0 Å². The molecule has 6 heteroatoms. The SMILES string of the molecule is CC(C)NC(CN1C(=O)CC(C)(C)C1=O)C(N)=O. The van der Waals surface area contributed by atoms with Gasteiger partial charge >= 0.3 is 0 Å². The van der Waals surface area contributed by atoms with Crippen molar-refractivity contribution in [3.05, 3.63) is 0 Å². The van der Waals surface area contributed by atoms with Crippen LogP contribution in [0.1, 0.15) is 34.1 Å². The van der Waals surface area contributed by atoms with Crippen LogP contribution >= 0.6 is 0 Å². The third-order valence-corrected chi connectivity index (χ3v) is 2.96. The van der Waals surface area contributed by atoms with Crippen LogP contribution in [0, 0.1) is 5.41 Å². The van der Waals surface area contributed by atoms with Crippen LogP contribution in [0.3, 0.4) is 0 Å². The Bertz CT molecular complexity index is 377. The number of hydrogen-bond acceptors (Lipinski definition) is 4. The molecule has 3 N–H and O–H groups in total. The number of imide groups is 1. The van der Waals surface area contributed by atoms with Gasteiger partial charge < -0.3 is 11.1 Å². The molecule has 6 nitrogen and oxygen atoms in total. The first-order valence-corrected chi connectivity index (χ1v) is 6.05. The van der Waals surface area contributed by atoms with E-state index in [2.05, 4.69) is 5.32 Å². The number of primary amides is 1. The van der Waals surface area contributed by atoms with Gasteiger partial charge in [-0.1, -0.05) is 27.7 Å². The molecule has 1 aliphatic heterocycles. The van der Waals surface area contributed by atoms with E-state index in [1.54, 1.807) is 13.8 Å². The van der Waals surface area contributed by atoms with Gasteiger partial charge in [-0.3, -0.25) is 19.3 Å². The monoisotopic (exact) mass is 255 g/mol. The van der Waals surface area contributed by atoms with Gasteiger partial charge in [0.05, 0.1) is 12.0 Å². The Labute approximate surface area is 107 Å². The Balaban J connectivity index is 2.79. The second-order valence-corrected chi connectivity index (χ2v) is 5.65. The topological polar surface area (TPSA) is 92.5 Å². The summed E-state index contributed by atoms with van der Waals surface area (Å²) in [5.41, 5.74) is 4.59.